The van der Waals surface area contributed by atoms with Crippen molar-refractivity contribution >= 4 is 5.97 Å². The van der Waals surface area contributed by atoms with E-state index in [0.717, 1.165) is 26.1 Å². The van der Waals surface area contributed by atoms with Crippen LogP contribution < -0.4 is 5.73 Å². The zero-order valence-corrected chi connectivity index (χ0v) is 10.2. The maximum absolute atomic E-state index is 11.8. The van der Waals surface area contributed by atoms with Crippen LogP contribution in [0.1, 0.15) is 26.2 Å². The van der Waals surface area contributed by atoms with Crippen LogP contribution in [0.25, 0.3) is 0 Å². The second kappa shape index (κ2) is 4.34. The lowest BCUT2D eigenvalue weighted by Gasteiger charge is -2.38. The van der Waals surface area contributed by atoms with E-state index in [9.17, 15) is 4.79 Å². The Bertz CT molecular complexity index is 274. The average Bonchev–Trinajstić information content (AvgIpc) is 3.00. The zero-order valence-electron chi connectivity index (χ0n) is 10.2. The number of nitrogens with zero attached hydrogens (tertiary/aromatic N) is 1. The monoisotopic (exact) mass is 226 g/mol. The van der Waals surface area contributed by atoms with Crippen molar-refractivity contribution in [2.24, 2.45) is 17.1 Å². The van der Waals surface area contributed by atoms with Crippen molar-refractivity contribution in [2.75, 3.05) is 26.7 Å². The van der Waals surface area contributed by atoms with Crippen LogP contribution in [0.3, 0.4) is 0 Å². The summed E-state index contributed by atoms with van der Waals surface area (Å²) in [6.07, 6.45) is 3.51. The molecule has 4 nitrogen and oxygen atoms in total. The molecule has 2 fully saturated rings. The first kappa shape index (κ1) is 11.9. The minimum Gasteiger partial charge on any atom is -0.469 e. The average molecular weight is 226 g/mol. The number of hydrogen-bond donors (Lipinski definition) is 1. The predicted octanol–water partition coefficient (Wildman–Crippen LogP) is 0.609. The van der Waals surface area contributed by atoms with Crippen molar-refractivity contribution in [3.05, 3.63) is 0 Å². The summed E-state index contributed by atoms with van der Waals surface area (Å²) in [6.45, 7) is 4.79. The quantitative estimate of drug-likeness (QED) is 0.716. The molecule has 2 aliphatic rings. The fraction of sp³-hybridized carbons (Fsp3) is 0.917. The number of ether oxygens (including phenoxy) is 1. The molecule has 1 aliphatic carbocycles. The van der Waals surface area contributed by atoms with Crippen LogP contribution in [0.4, 0.5) is 0 Å². The minimum atomic E-state index is -0.0353. The van der Waals surface area contributed by atoms with Crippen molar-refractivity contribution in [3.8, 4) is 0 Å². The van der Waals surface area contributed by atoms with E-state index < -0.39 is 0 Å². The molecule has 1 aliphatic heterocycles. The van der Waals surface area contributed by atoms with Crippen LogP contribution in [0.2, 0.25) is 0 Å². The SMILES string of the molecule is COC(=O)C1CN(CC(C)N)CCC12CC2. The van der Waals surface area contributed by atoms with E-state index in [1.54, 1.807) is 0 Å². The number of carbonyl (C=O) groups excluding carboxylic acids is 1. The van der Waals surface area contributed by atoms with Crippen molar-refractivity contribution in [1.29, 1.82) is 0 Å². The Kier molecular flexibility index (Phi) is 3.22. The van der Waals surface area contributed by atoms with E-state index in [4.69, 9.17) is 10.5 Å². The molecule has 0 aromatic rings. The van der Waals surface area contributed by atoms with E-state index in [-0.39, 0.29) is 23.3 Å². The molecule has 0 amide bonds. The van der Waals surface area contributed by atoms with E-state index >= 15 is 0 Å². The van der Waals surface area contributed by atoms with Gasteiger partial charge in [0.2, 0.25) is 0 Å². The Morgan fingerprint density at radius 1 is 1.56 bits per heavy atom. The molecule has 1 spiro atoms. The molecular formula is C12H22N2O2. The molecule has 2 atom stereocenters. The van der Waals surface area contributed by atoms with Gasteiger partial charge in [-0.2, -0.15) is 0 Å². The topological polar surface area (TPSA) is 55.6 Å². The van der Waals surface area contributed by atoms with E-state index in [2.05, 4.69) is 4.90 Å². The molecule has 92 valence electrons. The summed E-state index contributed by atoms with van der Waals surface area (Å²) in [5, 5.41) is 0. The summed E-state index contributed by atoms with van der Waals surface area (Å²) in [4.78, 5) is 14.1. The Balaban J connectivity index is 1.99. The number of carbonyl (C=O) groups is 1. The Labute approximate surface area is 97.1 Å². The summed E-state index contributed by atoms with van der Waals surface area (Å²) in [5.74, 6) is 0.0388. The first-order valence-electron chi connectivity index (χ1n) is 6.13. The van der Waals surface area contributed by atoms with Gasteiger partial charge < -0.3 is 15.4 Å². The van der Waals surface area contributed by atoms with Gasteiger partial charge in [-0.15, -0.1) is 0 Å². The number of likely N-dealkylation sites (tertiary alicyclic amines) is 1. The molecule has 2 unspecified atom stereocenters. The van der Waals surface area contributed by atoms with Gasteiger partial charge in [0.1, 0.15) is 0 Å². The fourth-order valence-electron chi connectivity index (χ4n) is 2.90. The first-order valence-corrected chi connectivity index (χ1v) is 6.13. The van der Waals surface area contributed by atoms with Crippen molar-refractivity contribution in [2.45, 2.75) is 32.2 Å². The maximum atomic E-state index is 11.8. The molecule has 0 bridgehead atoms. The molecule has 2 rings (SSSR count). The van der Waals surface area contributed by atoms with Crippen LogP contribution in [0.5, 0.6) is 0 Å². The lowest BCUT2D eigenvalue weighted by molar-refractivity contribution is -0.150. The van der Waals surface area contributed by atoms with Crippen LogP contribution in [-0.2, 0) is 9.53 Å². The Morgan fingerprint density at radius 2 is 2.25 bits per heavy atom. The van der Waals surface area contributed by atoms with Crippen LogP contribution in [0, 0.1) is 11.3 Å². The highest BCUT2D eigenvalue weighted by Gasteiger charge is 2.54. The van der Waals surface area contributed by atoms with Gasteiger partial charge in [0.15, 0.2) is 0 Å². The highest BCUT2D eigenvalue weighted by molar-refractivity contribution is 5.74. The fourth-order valence-corrected chi connectivity index (χ4v) is 2.90. The van der Waals surface area contributed by atoms with E-state index in [1.807, 2.05) is 6.92 Å². The van der Waals surface area contributed by atoms with Gasteiger partial charge in [0.25, 0.3) is 0 Å². The smallest absolute Gasteiger partial charge is 0.310 e. The highest BCUT2D eigenvalue weighted by atomic mass is 16.5. The normalized spacial score (nSPS) is 30.1. The van der Waals surface area contributed by atoms with Gasteiger partial charge in [-0.1, -0.05) is 0 Å². The second-order valence-electron chi connectivity index (χ2n) is 5.42. The van der Waals surface area contributed by atoms with E-state index in [1.165, 1.54) is 20.0 Å². The number of esters is 1. The predicted molar refractivity (Wildman–Crippen MR) is 61.9 cm³/mol. The van der Waals surface area contributed by atoms with Crippen LogP contribution in [-0.4, -0.2) is 43.7 Å². The number of piperidine rings is 1. The molecule has 4 heteroatoms. The third-order valence-electron chi connectivity index (χ3n) is 4.03. The number of hydrogen-bond acceptors (Lipinski definition) is 4. The molecule has 1 saturated carbocycles. The van der Waals surface area contributed by atoms with Gasteiger partial charge in [0.05, 0.1) is 13.0 Å². The largest absolute Gasteiger partial charge is 0.469 e. The summed E-state index contributed by atoms with van der Waals surface area (Å²) >= 11 is 0. The van der Waals surface area contributed by atoms with Gasteiger partial charge >= 0.3 is 5.97 Å². The van der Waals surface area contributed by atoms with Gasteiger partial charge in [-0.05, 0) is 38.1 Å². The molecule has 0 radical (unpaired) electrons. The molecule has 1 heterocycles. The van der Waals surface area contributed by atoms with Gasteiger partial charge in [-0.3, -0.25) is 4.79 Å². The van der Waals surface area contributed by atoms with Crippen molar-refractivity contribution in [3.63, 3.8) is 0 Å². The van der Waals surface area contributed by atoms with Crippen molar-refractivity contribution < 1.29 is 9.53 Å². The second-order valence-corrected chi connectivity index (χ2v) is 5.42. The molecule has 0 aromatic carbocycles. The molecule has 0 aromatic heterocycles. The molecule has 16 heavy (non-hydrogen) atoms. The molecule has 2 N–H and O–H groups in total. The summed E-state index contributed by atoms with van der Waals surface area (Å²) in [7, 11) is 1.49. The number of rotatable bonds is 3. The minimum absolute atomic E-state index is 0.0353. The van der Waals surface area contributed by atoms with Gasteiger partial charge in [-0.25, -0.2) is 0 Å². The van der Waals surface area contributed by atoms with E-state index in [0.29, 0.717) is 0 Å². The lowest BCUT2D eigenvalue weighted by Crippen LogP contribution is -2.48. The summed E-state index contributed by atoms with van der Waals surface area (Å²) in [5.41, 5.74) is 6.08. The zero-order chi connectivity index (χ0) is 11.8. The maximum Gasteiger partial charge on any atom is 0.310 e. The number of methoxy groups -OCH3 is 1. The summed E-state index contributed by atoms with van der Waals surface area (Å²) in [6, 6.07) is 0.173. The van der Waals surface area contributed by atoms with Crippen molar-refractivity contribution in [1.82, 2.24) is 4.90 Å². The molecular weight excluding hydrogens is 204 g/mol. The number of nitrogens with two attached hydrogens (primary N) is 1. The lowest BCUT2D eigenvalue weighted by atomic mass is 9.82. The van der Waals surface area contributed by atoms with Crippen LogP contribution >= 0.6 is 0 Å². The van der Waals surface area contributed by atoms with Gasteiger partial charge in [0, 0.05) is 19.1 Å². The third-order valence-corrected chi connectivity index (χ3v) is 4.03. The van der Waals surface area contributed by atoms with Crippen LogP contribution in [0.15, 0.2) is 0 Å². The standard InChI is InChI=1S/C12H22N2O2/c1-9(13)7-14-6-5-12(3-4-12)10(8-14)11(15)16-2/h9-10H,3-8,13H2,1-2H3. The highest BCUT2D eigenvalue weighted by Crippen LogP contribution is 2.57. The third kappa shape index (κ3) is 2.23. The molecule has 1 saturated heterocycles. The Morgan fingerprint density at radius 3 is 2.75 bits per heavy atom. The Hall–Kier alpha value is -0.610. The first-order chi connectivity index (χ1) is 7.57. The summed E-state index contributed by atoms with van der Waals surface area (Å²) < 4.78 is 4.92.